The Morgan fingerprint density at radius 2 is 2.00 bits per heavy atom. The summed E-state index contributed by atoms with van der Waals surface area (Å²) in [6.45, 7) is 7.73. The van der Waals surface area contributed by atoms with Crippen LogP contribution in [-0.4, -0.2) is 47.4 Å². The molecule has 2 heterocycles. The molecule has 1 aliphatic rings. The third-order valence-electron chi connectivity index (χ3n) is 4.39. The lowest BCUT2D eigenvalue weighted by Gasteiger charge is -2.40. The van der Waals surface area contributed by atoms with E-state index in [1.54, 1.807) is 12.4 Å². The molecule has 2 aromatic rings. The first-order chi connectivity index (χ1) is 10.1. The number of pyridine rings is 1. The summed E-state index contributed by atoms with van der Waals surface area (Å²) in [6.07, 6.45) is 3.55. The number of aromatic nitrogens is 1. The predicted molar refractivity (Wildman–Crippen MR) is 84.6 cm³/mol. The lowest BCUT2D eigenvalue weighted by atomic mass is 9.88. The summed E-state index contributed by atoms with van der Waals surface area (Å²) in [7, 11) is 0. The second-order valence-electron chi connectivity index (χ2n) is 6.03. The molecule has 21 heavy (non-hydrogen) atoms. The van der Waals surface area contributed by atoms with Crippen LogP contribution in [0.3, 0.4) is 0 Å². The zero-order chi connectivity index (χ0) is 14.9. The van der Waals surface area contributed by atoms with E-state index in [-0.39, 0.29) is 5.78 Å². The number of carbonyl (C=O) groups excluding carboxylic acids is 1. The second kappa shape index (κ2) is 5.54. The molecule has 0 bridgehead atoms. The van der Waals surface area contributed by atoms with Crippen LogP contribution in [0.25, 0.3) is 10.8 Å². The van der Waals surface area contributed by atoms with Gasteiger partial charge in [-0.05, 0) is 25.3 Å². The molecule has 0 aliphatic carbocycles. The van der Waals surface area contributed by atoms with Gasteiger partial charge in [-0.2, -0.15) is 0 Å². The van der Waals surface area contributed by atoms with Crippen molar-refractivity contribution in [3.8, 4) is 0 Å². The number of nitrogens with zero attached hydrogens (tertiary/aromatic N) is 2. The molecule has 0 radical (unpaired) electrons. The van der Waals surface area contributed by atoms with Gasteiger partial charge >= 0.3 is 0 Å². The molecule has 0 spiro atoms. The van der Waals surface area contributed by atoms with Crippen molar-refractivity contribution in [1.29, 1.82) is 0 Å². The van der Waals surface area contributed by atoms with Crippen LogP contribution in [0.1, 0.15) is 24.2 Å². The molecule has 4 nitrogen and oxygen atoms in total. The van der Waals surface area contributed by atoms with Crippen LogP contribution in [0.4, 0.5) is 0 Å². The summed E-state index contributed by atoms with van der Waals surface area (Å²) in [6, 6.07) is 7.83. The zero-order valence-electron chi connectivity index (χ0n) is 12.6. The number of carbonyl (C=O) groups is 1. The molecule has 3 rings (SSSR count). The maximum Gasteiger partial charge on any atom is 0.183 e. The summed E-state index contributed by atoms with van der Waals surface area (Å²) in [5, 5.41) is 5.33. The maximum absolute atomic E-state index is 13.1. The van der Waals surface area contributed by atoms with E-state index in [2.05, 4.69) is 15.2 Å². The Morgan fingerprint density at radius 1 is 1.24 bits per heavy atom. The largest absolute Gasteiger partial charge is 0.314 e. The molecule has 1 saturated heterocycles. The quantitative estimate of drug-likeness (QED) is 0.876. The SMILES string of the molecule is CC(C)(C(=O)c1cccc2ccncc12)N1CCNCC1. The smallest absolute Gasteiger partial charge is 0.183 e. The fraction of sp³-hybridized carbons (Fsp3) is 0.412. The van der Waals surface area contributed by atoms with Crippen LogP contribution in [-0.2, 0) is 0 Å². The molecule has 0 amide bonds. The highest BCUT2D eigenvalue weighted by Gasteiger charge is 2.36. The maximum atomic E-state index is 13.1. The lowest BCUT2D eigenvalue weighted by Crippen LogP contribution is -2.57. The van der Waals surface area contributed by atoms with Crippen molar-refractivity contribution in [1.82, 2.24) is 15.2 Å². The Hall–Kier alpha value is -1.78. The van der Waals surface area contributed by atoms with Gasteiger partial charge in [-0.25, -0.2) is 0 Å². The fourth-order valence-electron chi connectivity index (χ4n) is 3.01. The minimum absolute atomic E-state index is 0.169. The van der Waals surface area contributed by atoms with E-state index in [1.165, 1.54) is 0 Å². The van der Waals surface area contributed by atoms with Crippen molar-refractivity contribution < 1.29 is 4.79 Å². The van der Waals surface area contributed by atoms with Crippen molar-refractivity contribution >= 4 is 16.6 Å². The molecule has 4 heteroatoms. The molecule has 0 saturated carbocycles. The average molecular weight is 283 g/mol. The minimum atomic E-state index is -0.494. The predicted octanol–water partition coefficient (Wildman–Crippen LogP) is 2.10. The number of hydrogen-bond donors (Lipinski definition) is 1. The number of benzene rings is 1. The van der Waals surface area contributed by atoms with Gasteiger partial charge in [-0.3, -0.25) is 14.7 Å². The van der Waals surface area contributed by atoms with Crippen molar-refractivity contribution in [3.63, 3.8) is 0 Å². The average Bonchev–Trinajstić information content (AvgIpc) is 2.54. The van der Waals surface area contributed by atoms with Crippen molar-refractivity contribution in [2.45, 2.75) is 19.4 Å². The van der Waals surface area contributed by atoms with Crippen LogP contribution in [0.15, 0.2) is 36.7 Å². The Labute approximate surface area is 125 Å². The minimum Gasteiger partial charge on any atom is -0.314 e. The number of hydrogen-bond acceptors (Lipinski definition) is 4. The molecule has 1 aromatic heterocycles. The van der Waals surface area contributed by atoms with E-state index in [9.17, 15) is 4.79 Å². The lowest BCUT2D eigenvalue weighted by molar-refractivity contribution is 0.0604. The van der Waals surface area contributed by atoms with Gasteiger partial charge in [0.15, 0.2) is 5.78 Å². The molecule has 110 valence electrons. The van der Waals surface area contributed by atoms with Gasteiger partial charge in [-0.15, -0.1) is 0 Å². The van der Waals surface area contributed by atoms with Gasteiger partial charge in [0.1, 0.15) is 0 Å². The zero-order valence-corrected chi connectivity index (χ0v) is 12.6. The van der Waals surface area contributed by atoms with E-state index in [0.717, 1.165) is 42.5 Å². The number of rotatable bonds is 3. The first-order valence-electron chi connectivity index (χ1n) is 7.44. The van der Waals surface area contributed by atoms with Gasteiger partial charge in [0, 0.05) is 49.5 Å². The molecule has 0 unspecified atom stereocenters. The Morgan fingerprint density at radius 3 is 2.76 bits per heavy atom. The number of nitrogens with one attached hydrogen (secondary N) is 1. The third-order valence-corrected chi connectivity index (χ3v) is 4.39. The molecule has 1 N–H and O–H groups in total. The first-order valence-corrected chi connectivity index (χ1v) is 7.44. The number of piperazine rings is 1. The van der Waals surface area contributed by atoms with Crippen molar-refractivity contribution in [3.05, 3.63) is 42.2 Å². The van der Waals surface area contributed by atoms with Gasteiger partial charge in [0.25, 0.3) is 0 Å². The molecule has 0 atom stereocenters. The molecular weight excluding hydrogens is 262 g/mol. The van der Waals surface area contributed by atoms with Gasteiger partial charge in [0.05, 0.1) is 5.54 Å². The monoisotopic (exact) mass is 283 g/mol. The first kappa shape index (κ1) is 14.2. The van der Waals surface area contributed by atoms with Crippen molar-refractivity contribution in [2.75, 3.05) is 26.2 Å². The molecule has 1 aromatic carbocycles. The van der Waals surface area contributed by atoms with Crippen LogP contribution in [0.5, 0.6) is 0 Å². The molecule has 1 aliphatic heterocycles. The Balaban J connectivity index is 1.99. The van der Waals surface area contributed by atoms with Gasteiger partial charge in [-0.1, -0.05) is 18.2 Å². The highest BCUT2D eigenvalue weighted by atomic mass is 16.1. The van der Waals surface area contributed by atoms with Crippen molar-refractivity contribution in [2.24, 2.45) is 0 Å². The summed E-state index contributed by atoms with van der Waals surface area (Å²) < 4.78 is 0. The number of fused-ring (bicyclic) bond motifs is 1. The molecular formula is C17H21N3O. The summed E-state index contributed by atoms with van der Waals surface area (Å²) in [5.74, 6) is 0.169. The summed E-state index contributed by atoms with van der Waals surface area (Å²) in [5.41, 5.74) is 0.274. The standard InChI is InChI=1S/C17H21N3O/c1-17(2,20-10-8-18-9-11-20)16(21)14-5-3-4-13-6-7-19-12-15(13)14/h3-7,12,18H,8-11H2,1-2H3. The second-order valence-corrected chi connectivity index (χ2v) is 6.03. The van der Waals surface area contributed by atoms with E-state index in [4.69, 9.17) is 0 Å². The Bertz CT molecular complexity index is 655. The van der Waals surface area contributed by atoms with E-state index in [1.807, 2.05) is 38.1 Å². The highest BCUT2D eigenvalue weighted by Crippen LogP contribution is 2.25. The van der Waals surface area contributed by atoms with Crippen LogP contribution >= 0.6 is 0 Å². The van der Waals surface area contributed by atoms with Crippen LogP contribution in [0.2, 0.25) is 0 Å². The normalized spacial score (nSPS) is 17.0. The highest BCUT2D eigenvalue weighted by molar-refractivity contribution is 6.11. The van der Waals surface area contributed by atoms with Gasteiger partial charge in [0.2, 0.25) is 0 Å². The van der Waals surface area contributed by atoms with E-state index < -0.39 is 5.54 Å². The Kier molecular flexibility index (Phi) is 3.74. The summed E-state index contributed by atoms with van der Waals surface area (Å²) in [4.78, 5) is 19.5. The van der Waals surface area contributed by atoms with E-state index >= 15 is 0 Å². The third kappa shape index (κ3) is 2.57. The topological polar surface area (TPSA) is 45.2 Å². The number of ketones is 1. The van der Waals surface area contributed by atoms with Crippen LogP contribution < -0.4 is 5.32 Å². The van der Waals surface area contributed by atoms with Gasteiger partial charge < -0.3 is 5.32 Å². The van der Waals surface area contributed by atoms with E-state index in [0.29, 0.717) is 0 Å². The summed E-state index contributed by atoms with van der Waals surface area (Å²) >= 11 is 0. The molecule has 1 fully saturated rings. The number of Topliss-reactive ketones (excluding diaryl/α,β-unsaturated/α-hetero) is 1. The van der Waals surface area contributed by atoms with Crippen LogP contribution in [0, 0.1) is 0 Å². The fourth-order valence-corrected chi connectivity index (χ4v) is 3.01.